The van der Waals surface area contributed by atoms with E-state index in [-0.39, 0.29) is 17.4 Å². The number of hydrogen-bond donors (Lipinski definition) is 1. The topological polar surface area (TPSA) is 72.2 Å². The molecule has 0 radical (unpaired) electrons. The van der Waals surface area contributed by atoms with Gasteiger partial charge in [-0.05, 0) is 38.1 Å². The van der Waals surface area contributed by atoms with Gasteiger partial charge < -0.3 is 9.73 Å². The highest BCUT2D eigenvalue weighted by Gasteiger charge is 2.11. The summed E-state index contributed by atoms with van der Waals surface area (Å²) in [6.45, 7) is 5.50. The van der Waals surface area contributed by atoms with Gasteiger partial charge in [0.15, 0.2) is 5.78 Å². The summed E-state index contributed by atoms with van der Waals surface area (Å²) in [5.74, 6) is 0.974. The molecule has 0 bridgehead atoms. The summed E-state index contributed by atoms with van der Waals surface area (Å²) in [4.78, 5) is 27.6. The lowest BCUT2D eigenvalue weighted by atomic mass is 10.1. The van der Waals surface area contributed by atoms with Gasteiger partial charge in [0.05, 0.1) is 11.4 Å². The number of aromatic nitrogens is 1. The number of anilines is 1. The molecule has 0 saturated carbocycles. The molecular weight excluding hydrogens is 300 g/mol. The highest BCUT2D eigenvalue weighted by molar-refractivity contribution is 7.99. The van der Waals surface area contributed by atoms with Crippen LogP contribution in [-0.2, 0) is 4.79 Å². The average Bonchev–Trinajstić information content (AvgIpc) is 2.84. The Labute approximate surface area is 133 Å². The van der Waals surface area contributed by atoms with Gasteiger partial charge in [-0.2, -0.15) is 0 Å². The number of benzene rings is 1. The molecule has 0 atom stereocenters. The van der Waals surface area contributed by atoms with Crippen LogP contribution in [0.4, 0.5) is 5.69 Å². The SMILES string of the molecule is CCC(=O)Nc1ccc(C(=O)CSc2nc(C)c(C)o2)cc1. The second-order valence-corrected chi connectivity index (χ2v) is 5.74. The quantitative estimate of drug-likeness (QED) is 0.650. The molecule has 1 heterocycles. The third-order valence-corrected chi connectivity index (χ3v) is 3.98. The van der Waals surface area contributed by atoms with Crippen LogP contribution in [0, 0.1) is 13.8 Å². The number of rotatable bonds is 6. The molecule has 22 heavy (non-hydrogen) atoms. The molecule has 5 nitrogen and oxygen atoms in total. The van der Waals surface area contributed by atoms with Crippen molar-refractivity contribution in [3.05, 3.63) is 41.3 Å². The molecule has 0 fully saturated rings. The number of amides is 1. The van der Waals surface area contributed by atoms with Crippen molar-refractivity contribution in [2.75, 3.05) is 11.1 Å². The minimum atomic E-state index is -0.0516. The zero-order valence-electron chi connectivity index (χ0n) is 12.8. The maximum atomic E-state index is 12.1. The minimum Gasteiger partial charge on any atom is -0.437 e. The Hall–Kier alpha value is -2.08. The minimum absolute atomic E-state index is 0.00752. The standard InChI is InChI=1S/C16H18N2O3S/c1-4-15(20)18-13-7-5-12(6-8-13)14(19)9-22-16-17-10(2)11(3)21-16/h5-8H,4,9H2,1-3H3,(H,18,20). The van der Waals surface area contributed by atoms with Crippen molar-refractivity contribution < 1.29 is 14.0 Å². The maximum Gasteiger partial charge on any atom is 0.256 e. The molecule has 1 aromatic heterocycles. The maximum absolute atomic E-state index is 12.1. The van der Waals surface area contributed by atoms with Gasteiger partial charge in [0.25, 0.3) is 5.22 Å². The monoisotopic (exact) mass is 318 g/mol. The number of thioether (sulfide) groups is 1. The highest BCUT2D eigenvalue weighted by Crippen LogP contribution is 2.21. The Morgan fingerprint density at radius 3 is 2.45 bits per heavy atom. The van der Waals surface area contributed by atoms with Crippen molar-refractivity contribution in [3.63, 3.8) is 0 Å². The van der Waals surface area contributed by atoms with Crippen LogP contribution in [0.2, 0.25) is 0 Å². The van der Waals surface area contributed by atoms with Gasteiger partial charge in [-0.15, -0.1) is 0 Å². The summed E-state index contributed by atoms with van der Waals surface area (Å²) in [6, 6.07) is 6.87. The van der Waals surface area contributed by atoms with Crippen molar-refractivity contribution in [1.29, 1.82) is 0 Å². The van der Waals surface area contributed by atoms with Crippen LogP contribution in [0.5, 0.6) is 0 Å². The van der Waals surface area contributed by atoms with Crippen LogP contribution in [0.3, 0.4) is 0 Å². The largest absolute Gasteiger partial charge is 0.437 e. The van der Waals surface area contributed by atoms with Crippen LogP contribution in [0.25, 0.3) is 0 Å². The van der Waals surface area contributed by atoms with Crippen molar-refractivity contribution >= 4 is 29.1 Å². The second-order valence-electron chi connectivity index (χ2n) is 4.81. The van der Waals surface area contributed by atoms with Gasteiger partial charge in [0.2, 0.25) is 5.91 Å². The highest BCUT2D eigenvalue weighted by atomic mass is 32.2. The van der Waals surface area contributed by atoms with E-state index in [1.807, 2.05) is 13.8 Å². The second kappa shape index (κ2) is 7.26. The van der Waals surface area contributed by atoms with E-state index in [1.54, 1.807) is 31.2 Å². The van der Waals surface area contributed by atoms with Gasteiger partial charge >= 0.3 is 0 Å². The predicted octanol–water partition coefficient (Wildman–Crippen LogP) is 3.61. The molecular formula is C16H18N2O3S. The molecule has 0 aliphatic heterocycles. The number of hydrogen-bond acceptors (Lipinski definition) is 5. The number of carbonyl (C=O) groups excluding carboxylic acids is 2. The van der Waals surface area contributed by atoms with Crippen LogP contribution in [0.1, 0.15) is 35.2 Å². The van der Waals surface area contributed by atoms with Gasteiger partial charge in [-0.1, -0.05) is 18.7 Å². The number of carbonyl (C=O) groups is 2. The van der Waals surface area contributed by atoms with Crippen LogP contribution in [-0.4, -0.2) is 22.4 Å². The first-order chi connectivity index (χ1) is 10.5. The smallest absolute Gasteiger partial charge is 0.256 e. The average molecular weight is 318 g/mol. The van der Waals surface area contributed by atoms with Gasteiger partial charge in [-0.3, -0.25) is 9.59 Å². The Morgan fingerprint density at radius 2 is 1.91 bits per heavy atom. The number of ketones is 1. The Bertz CT molecular complexity index is 658. The van der Waals surface area contributed by atoms with Gasteiger partial charge in [-0.25, -0.2) is 4.98 Å². The molecule has 6 heteroatoms. The summed E-state index contributed by atoms with van der Waals surface area (Å²) in [5, 5.41) is 3.25. The van der Waals surface area contributed by atoms with Crippen molar-refractivity contribution in [2.24, 2.45) is 0 Å². The summed E-state index contributed by atoms with van der Waals surface area (Å²) >= 11 is 1.28. The number of nitrogens with one attached hydrogen (secondary N) is 1. The molecule has 0 aliphatic carbocycles. The van der Waals surface area contributed by atoms with Crippen molar-refractivity contribution in [3.8, 4) is 0 Å². The summed E-state index contributed by atoms with van der Waals surface area (Å²) in [6.07, 6.45) is 0.423. The lowest BCUT2D eigenvalue weighted by molar-refractivity contribution is -0.115. The van der Waals surface area contributed by atoms with E-state index in [4.69, 9.17) is 4.42 Å². The van der Waals surface area contributed by atoms with E-state index >= 15 is 0 Å². The Balaban J connectivity index is 1.93. The zero-order valence-corrected chi connectivity index (χ0v) is 13.6. The normalized spacial score (nSPS) is 10.5. The fourth-order valence-corrected chi connectivity index (χ4v) is 2.51. The number of oxazole rings is 1. The lowest BCUT2D eigenvalue weighted by Gasteiger charge is -2.04. The number of Topliss-reactive ketones (excluding diaryl/α,β-unsaturated/α-hetero) is 1. The third-order valence-electron chi connectivity index (χ3n) is 3.15. The molecule has 1 amide bonds. The summed E-state index contributed by atoms with van der Waals surface area (Å²) < 4.78 is 5.43. The Morgan fingerprint density at radius 1 is 1.23 bits per heavy atom. The Kier molecular flexibility index (Phi) is 5.38. The van der Waals surface area contributed by atoms with E-state index in [9.17, 15) is 9.59 Å². The van der Waals surface area contributed by atoms with E-state index < -0.39 is 0 Å². The molecule has 1 N–H and O–H groups in total. The lowest BCUT2D eigenvalue weighted by Crippen LogP contribution is -2.09. The van der Waals surface area contributed by atoms with E-state index in [1.165, 1.54) is 11.8 Å². The molecule has 1 aromatic carbocycles. The van der Waals surface area contributed by atoms with Gasteiger partial charge in [0, 0.05) is 17.7 Å². The first-order valence-electron chi connectivity index (χ1n) is 6.99. The van der Waals surface area contributed by atoms with Crippen LogP contribution < -0.4 is 5.32 Å². The van der Waals surface area contributed by atoms with Gasteiger partial charge in [0.1, 0.15) is 5.76 Å². The molecule has 0 spiro atoms. The summed E-state index contributed by atoms with van der Waals surface area (Å²) in [5.41, 5.74) is 2.13. The first-order valence-corrected chi connectivity index (χ1v) is 7.98. The molecule has 0 unspecified atom stereocenters. The third kappa shape index (κ3) is 4.21. The molecule has 2 rings (SSSR count). The number of nitrogens with zero attached hydrogens (tertiary/aromatic N) is 1. The first kappa shape index (κ1) is 16.3. The van der Waals surface area contributed by atoms with E-state index in [0.717, 1.165) is 11.5 Å². The summed E-state index contributed by atoms with van der Waals surface area (Å²) in [7, 11) is 0. The van der Waals surface area contributed by atoms with E-state index in [0.29, 0.717) is 22.9 Å². The molecule has 2 aromatic rings. The van der Waals surface area contributed by atoms with Crippen molar-refractivity contribution in [1.82, 2.24) is 4.98 Å². The zero-order chi connectivity index (χ0) is 16.1. The van der Waals surface area contributed by atoms with E-state index in [2.05, 4.69) is 10.3 Å². The predicted molar refractivity (Wildman–Crippen MR) is 86.4 cm³/mol. The fourth-order valence-electron chi connectivity index (χ4n) is 1.70. The number of aryl methyl sites for hydroxylation is 2. The van der Waals surface area contributed by atoms with Crippen LogP contribution >= 0.6 is 11.8 Å². The van der Waals surface area contributed by atoms with Crippen molar-refractivity contribution in [2.45, 2.75) is 32.4 Å². The molecule has 116 valence electrons. The molecule has 0 aliphatic rings. The van der Waals surface area contributed by atoms with Crippen LogP contribution in [0.15, 0.2) is 33.9 Å². The molecule has 0 saturated heterocycles. The fraction of sp³-hybridized carbons (Fsp3) is 0.312.